The average molecular weight is 2020 g/mol. The molecule has 0 aliphatic carbocycles. The molecule has 67 nitrogen and oxygen atoms in total. The molecule has 0 heterocycles. The summed E-state index contributed by atoms with van der Waals surface area (Å²) < 4.78 is 100. The fourth-order valence-corrected chi connectivity index (χ4v) is 7.73. The van der Waals surface area contributed by atoms with Crippen molar-refractivity contribution in [2.24, 2.45) is 0 Å². The second-order valence-electron chi connectivity index (χ2n) is 25.5. The minimum atomic E-state index is -2.29. The Morgan fingerprint density at radius 2 is 0.223 bits per heavy atom. The largest absolute Gasteiger partial charge is 0.481 e. The number of carboxylic acid groups (broad SMARTS) is 11. The number of esters is 21. The van der Waals surface area contributed by atoms with E-state index in [1.165, 1.54) is 0 Å². The number of aliphatic hydroxyl groups is 3. The van der Waals surface area contributed by atoms with Crippen molar-refractivity contribution in [3.05, 3.63) is 0 Å². The Kier molecular flexibility index (Phi) is 64.9. The monoisotopic (exact) mass is 2020 g/mol. The summed E-state index contributed by atoms with van der Waals surface area (Å²) in [6.45, 7) is -17.9. The molecule has 67 heteroatoms. The van der Waals surface area contributed by atoms with Crippen molar-refractivity contribution in [3.63, 3.8) is 0 Å². The average Bonchev–Trinajstić information content (AvgIpc) is 0.902. The van der Waals surface area contributed by atoms with Gasteiger partial charge in [-0.15, -0.1) is 0 Å². The Hall–Kier alpha value is -17.1. The van der Waals surface area contributed by atoms with Crippen LogP contribution in [0.25, 0.3) is 0 Å². The third kappa shape index (κ3) is 77.1. The quantitative estimate of drug-likeness (QED) is 0.0153. The summed E-state index contributed by atoms with van der Waals surface area (Å²) in [5.41, 5.74) is 0. The van der Waals surface area contributed by atoms with E-state index in [0.717, 1.165) is 0 Å². The lowest BCUT2D eigenvalue weighted by molar-refractivity contribution is -0.178. The first kappa shape index (κ1) is 126. The summed E-state index contributed by atoms with van der Waals surface area (Å²) in [5, 5.41) is 119. The molecule has 0 saturated heterocycles. The number of carbonyl (C=O) groups is 32. The lowest BCUT2D eigenvalue weighted by atomic mass is 10.3. The van der Waals surface area contributed by atoms with E-state index in [1.807, 2.05) is 0 Å². The van der Waals surface area contributed by atoms with Crippen LogP contribution in [0, 0.1) is 0 Å². The molecule has 2 atom stereocenters. The van der Waals surface area contributed by atoms with Gasteiger partial charge in [-0.25, -0.2) is 0 Å². The number of ether oxygens (including phenoxy) is 21. The highest BCUT2D eigenvalue weighted by Gasteiger charge is 2.33. The second-order valence-corrected chi connectivity index (χ2v) is 25.5. The molecule has 14 N–H and O–H groups in total. The van der Waals surface area contributed by atoms with Crippen LogP contribution < -0.4 is 0 Å². The Morgan fingerprint density at radius 3 is 0.295 bits per heavy atom. The highest BCUT2D eigenvalue weighted by atomic mass is 16.7. The molecule has 0 fully saturated rings. The predicted molar refractivity (Wildman–Crippen MR) is 401 cm³/mol. The van der Waals surface area contributed by atoms with Gasteiger partial charge in [-0.2, -0.15) is 0 Å². The molecule has 0 amide bonds. The van der Waals surface area contributed by atoms with E-state index in [0.29, 0.717) is 0 Å². The molecule has 0 bridgehead atoms. The second kappa shape index (κ2) is 71.5. The Labute approximate surface area is 770 Å². The van der Waals surface area contributed by atoms with Crippen LogP contribution in [0.4, 0.5) is 0 Å². The van der Waals surface area contributed by atoms with Crippen LogP contribution in [0.5, 0.6) is 0 Å². The van der Waals surface area contributed by atoms with Crippen molar-refractivity contribution in [1.82, 2.24) is 0 Å². The van der Waals surface area contributed by atoms with Crippen molar-refractivity contribution in [2.75, 3.05) is 106 Å². The molecule has 0 aromatic rings. The molecule has 0 spiro atoms. The van der Waals surface area contributed by atoms with Crippen molar-refractivity contribution in [2.45, 2.75) is 152 Å². The summed E-state index contributed by atoms with van der Waals surface area (Å²) in [4.78, 5) is 381. The fraction of sp³-hybridized carbons (Fsp3) is 0.556. The summed E-state index contributed by atoms with van der Waals surface area (Å²) in [7, 11) is 0. The maximum atomic E-state index is 13.4. The van der Waals surface area contributed by atoms with Crippen LogP contribution in [-0.2, 0) is 253 Å². The smallest absolute Gasteiger partial charge is 0.317 e. The van der Waals surface area contributed by atoms with E-state index in [9.17, 15) is 153 Å². The van der Waals surface area contributed by atoms with Crippen molar-refractivity contribution < 1.29 is 324 Å². The van der Waals surface area contributed by atoms with Crippen LogP contribution in [0.3, 0.4) is 0 Å². The van der Waals surface area contributed by atoms with E-state index in [2.05, 4.69) is 42.6 Å². The summed E-state index contributed by atoms with van der Waals surface area (Å²) in [6, 6.07) is 0. The lowest BCUT2D eigenvalue weighted by Gasteiger charge is -2.20. The topological polar surface area (TPSA) is 1020 Å². The number of aliphatic hydroxyl groups excluding tert-OH is 3. The van der Waals surface area contributed by atoms with Gasteiger partial charge in [0.15, 0.2) is 42.7 Å². The normalized spacial score (nSPS) is 10.7. The number of hydrogen-bond donors (Lipinski definition) is 14. The van der Waals surface area contributed by atoms with Gasteiger partial charge in [-0.05, 0) is 0 Å². The number of rotatable bonds is 69. The molecule has 2 unspecified atom stereocenters. The van der Waals surface area contributed by atoms with Gasteiger partial charge in [0.2, 0.25) is 0 Å². The van der Waals surface area contributed by atoms with Gasteiger partial charge >= 0.3 is 191 Å². The molecular formula is C72H86O67. The molecular weight excluding hydrogens is 1940 g/mol. The van der Waals surface area contributed by atoms with E-state index in [1.54, 1.807) is 0 Å². The zero-order valence-corrected chi connectivity index (χ0v) is 71.1. The fourth-order valence-electron chi connectivity index (χ4n) is 7.73. The Bertz CT molecular complexity index is 4110. The highest BCUT2D eigenvalue weighted by Crippen LogP contribution is 2.13. The Balaban J connectivity index is -0.0000132. The van der Waals surface area contributed by atoms with Crippen LogP contribution in [0.15, 0.2) is 0 Å². The first-order chi connectivity index (χ1) is 64.8. The van der Waals surface area contributed by atoms with Gasteiger partial charge in [0.05, 0.1) is 13.2 Å². The van der Waals surface area contributed by atoms with Crippen LogP contribution in [-0.4, -0.2) is 417 Å². The zero-order chi connectivity index (χ0) is 107. The Morgan fingerprint density at radius 1 is 0.137 bits per heavy atom. The van der Waals surface area contributed by atoms with Gasteiger partial charge < -0.3 is 171 Å². The minimum Gasteiger partial charge on any atom is -0.481 e. The standard InChI is InChI=1S/C66H74O60.C3H4O4.C3H8O3/c67-37(68)1-46(85)106-16-30(17-107-47(86)2-38(69)70)120-60(99)10-55(94)115-25-34(24-114-54(93)9-45(83)84)123-63(102)13-58(97)118-28-36(126-66(105)15-65(104)125-33(22-112-52(91)7-43(79)80)23-113-53(92)8-44(81)82)29-119-59(98)14-64(103)124-35(26-116-56(95)11-61(100)121-31(18-108-48(87)3-39(71)72)19-109-49(88)4-40(73)74)27-117-57(96)12-62(101)122-32(20-110-50(89)5-41(75)76)21-111-51(90)6-42(77)78;4-2(5)1-3(6)7;4-1-3(6)2-5/h30-36H,1-29H2,(H,67,68)(H,69,70)(H,71,72)(H,73,74)(H,75,76)(H,77,78)(H,79,80)(H,81,82)(H,83,84);1H2,(H,4,5)(H,6,7);3-6H,1-2H2. The van der Waals surface area contributed by atoms with E-state index >= 15 is 0 Å². The van der Waals surface area contributed by atoms with Gasteiger partial charge in [0, 0.05) is 0 Å². The van der Waals surface area contributed by atoms with E-state index in [-0.39, 0.29) is 13.2 Å². The molecule has 0 aromatic carbocycles. The lowest BCUT2D eigenvalue weighted by Crippen LogP contribution is -2.35. The SMILES string of the molecule is O=C(O)CC(=O)O.O=C(O)CC(=O)OCC(COC(=O)CC(=O)O)OC(=O)CC(=O)OCC(COC(=O)CC(=O)O)OC(=O)CC(=O)OCC(COC(=O)CC(=O)OC(COC(=O)CC(=O)OC(COC(=O)CC(=O)O)COC(=O)CC(=O)O)COC(=O)CC(=O)OC(COC(=O)CC(=O)O)COC(=O)CC(=O)O)OC(=O)CC(=O)OC(COC(=O)CC(=O)O)COC(=O)CC(=O)O.OCC(O)CO. The van der Waals surface area contributed by atoms with E-state index in [4.69, 9.17) is 128 Å². The maximum Gasteiger partial charge on any atom is 0.317 e. The number of carboxylic acids is 11. The van der Waals surface area contributed by atoms with Crippen molar-refractivity contribution in [1.29, 1.82) is 0 Å². The molecule has 139 heavy (non-hydrogen) atoms. The van der Waals surface area contributed by atoms with Crippen LogP contribution >= 0.6 is 0 Å². The number of hydrogen-bond acceptors (Lipinski definition) is 56. The number of aliphatic carboxylic acids is 11. The molecule has 0 radical (unpaired) electrons. The molecule has 0 rings (SSSR count). The summed E-state index contributed by atoms with van der Waals surface area (Å²) >= 11 is 0. The first-order valence-electron chi connectivity index (χ1n) is 37.7. The maximum absolute atomic E-state index is 13.4. The molecule has 0 aliphatic heterocycles. The van der Waals surface area contributed by atoms with Crippen LogP contribution in [0.2, 0.25) is 0 Å². The third-order valence-electron chi connectivity index (χ3n) is 13.2. The highest BCUT2D eigenvalue weighted by molar-refractivity contribution is 5.98. The van der Waals surface area contributed by atoms with Gasteiger partial charge in [-0.1, -0.05) is 0 Å². The number of carbonyl (C=O) groups excluding carboxylic acids is 21. The first-order valence-corrected chi connectivity index (χ1v) is 37.7. The minimum absolute atomic E-state index is 0.365. The van der Waals surface area contributed by atoms with Crippen LogP contribution in [0.1, 0.15) is 103 Å². The molecule has 776 valence electrons. The molecule has 0 aliphatic rings. The van der Waals surface area contributed by atoms with Crippen molar-refractivity contribution >= 4 is 191 Å². The van der Waals surface area contributed by atoms with Crippen molar-refractivity contribution in [3.8, 4) is 0 Å². The molecule has 0 aromatic heterocycles. The van der Waals surface area contributed by atoms with Gasteiger partial charge in [0.1, 0.15) is 201 Å². The van der Waals surface area contributed by atoms with E-state index < -0.39 is 435 Å². The zero-order valence-electron chi connectivity index (χ0n) is 71.1. The van der Waals surface area contributed by atoms with Gasteiger partial charge in [0.25, 0.3) is 0 Å². The predicted octanol–water partition coefficient (Wildman–Crippen LogP) is -10.5. The summed E-state index contributed by atoms with van der Waals surface area (Å²) in [5.74, 6) is -52.3. The summed E-state index contributed by atoms with van der Waals surface area (Å²) in [6.07, 6.45) is -37.1. The van der Waals surface area contributed by atoms with Gasteiger partial charge in [-0.3, -0.25) is 153 Å². The molecule has 0 saturated carbocycles. The third-order valence-corrected chi connectivity index (χ3v) is 13.2.